The van der Waals surface area contributed by atoms with Crippen molar-refractivity contribution in [1.82, 2.24) is 19.4 Å². The van der Waals surface area contributed by atoms with Crippen molar-refractivity contribution in [3.63, 3.8) is 0 Å². The SMILES string of the molecule is Cn1c(CN2C(=O)NC(C)(c3ccc(Br)s3)C2=O)cc(=O)n(C)c1=O. The molecular formula is C15H15BrN4O4S. The smallest absolute Gasteiger partial charge is 0.319 e. The third-order valence-corrected chi connectivity index (χ3v) is 6.13. The lowest BCUT2D eigenvalue weighted by Crippen LogP contribution is -2.41. The molecule has 3 heterocycles. The summed E-state index contributed by atoms with van der Waals surface area (Å²) in [5.74, 6) is -0.431. The Morgan fingerprint density at radius 1 is 1.16 bits per heavy atom. The largest absolute Gasteiger partial charge is 0.330 e. The quantitative estimate of drug-likeness (QED) is 0.736. The van der Waals surface area contributed by atoms with Crippen LogP contribution in [0.15, 0.2) is 31.6 Å². The predicted octanol–water partition coefficient (Wildman–Crippen LogP) is 0.875. The van der Waals surface area contributed by atoms with Crippen LogP contribution in [-0.4, -0.2) is 26.0 Å². The van der Waals surface area contributed by atoms with Gasteiger partial charge in [-0.25, -0.2) is 9.59 Å². The van der Waals surface area contributed by atoms with Crippen LogP contribution < -0.4 is 16.6 Å². The first-order chi connectivity index (χ1) is 11.6. The second kappa shape index (κ2) is 5.95. The van der Waals surface area contributed by atoms with Gasteiger partial charge in [0.1, 0.15) is 0 Å². The molecule has 0 aliphatic carbocycles. The summed E-state index contributed by atoms with van der Waals surface area (Å²) in [6.45, 7) is 1.48. The summed E-state index contributed by atoms with van der Waals surface area (Å²) in [7, 11) is 2.86. The van der Waals surface area contributed by atoms with Gasteiger partial charge in [0.2, 0.25) is 0 Å². The Morgan fingerprint density at radius 2 is 1.84 bits per heavy atom. The Kier molecular flexibility index (Phi) is 4.20. The van der Waals surface area contributed by atoms with E-state index in [0.717, 1.165) is 13.3 Å². The lowest BCUT2D eigenvalue weighted by molar-refractivity contribution is -0.131. The fraction of sp³-hybridized carbons (Fsp3) is 0.333. The van der Waals surface area contributed by atoms with Gasteiger partial charge in [-0.05, 0) is 35.0 Å². The first-order valence-corrected chi connectivity index (χ1v) is 8.92. The number of aromatic nitrogens is 2. The van der Waals surface area contributed by atoms with E-state index in [1.807, 2.05) is 0 Å². The highest BCUT2D eigenvalue weighted by atomic mass is 79.9. The van der Waals surface area contributed by atoms with E-state index in [-0.39, 0.29) is 12.2 Å². The normalized spacial score (nSPS) is 20.2. The third-order valence-electron chi connectivity index (χ3n) is 4.29. The van der Waals surface area contributed by atoms with Crippen molar-refractivity contribution < 1.29 is 9.59 Å². The van der Waals surface area contributed by atoms with Gasteiger partial charge in [0, 0.05) is 30.7 Å². The van der Waals surface area contributed by atoms with E-state index in [1.165, 1.54) is 36.1 Å². The van der Waals surface area contributed by atoms with Gasteiger partial charge in [-0.1, -0.05) is 0 Å². The fourth-order valence-electron chi connectivity index (χ4n) is 2.68. The molecule has 2 aromatic heterocycles. The number of nitrogens with one attached hydrogen (secondary N) is 1. The summed E-state index contributed by atoms with van der Waals surface area (Å²) in [5, 5.41) is 2.70. The molecule has 132 valence electrons. The molecular weight excluding hydrogens is 412 g/mol. The van der Waals surface area contributed by atoms with Gasteiger partial charge in [-0.3, -0.25) is 23.6 Å². The van der Waals surface area contributed by atoms with Gasteiger partial charge in [-0.15, -0.1) is 11.3 Å². The number of imide groups is 1. The molecule has 1 aliphatic rings. The molecule has 10 heteroatoms. The molecule has 0 saturated carbocycles. The van der Waals surface area contributed by atoms with Crippen molar-refractivity contribution in [2.45, 2.75) is 19.0 Å². The predicted molar refractivity (Wildman–Crippen MR) is 95.4 cm³/mol. The maximum Gasteiger partial charge on any atom is 0.330 e. The number of halogens is 1. The average Bonchev–Trinajstić information content (AvgIpc) is 3.08. The van der Waals surface area contributed by atoms with E-state index < -0.39 is 28.7 Å². The lowest BCUT2D eigenvalue weighted by atomic mass is 10.0. The zero-order valence-corrected chi connectivity index (χ0v) is 16.1. The number of hydrogen-bond acceptors (Lipinski definition) is 5. The van der Waals surface area contributed by atoms with Crippen molar-refractivity contribution in [1.29, 1.82) is 0 Å². The molecule has 8 nitrogen and oxygen atoms in total. The Hall–Kier alpha value is -2.20. The van der Waals surface area contributed by atoms with Gasteiger partial charge in [-0.2, -0.15) is 0 Å². The summed E-state index contributed by atoms with van der Waals surface area (Å²) in [6.07, 6.45) is 0. The second-order valence-electron chi connectivity index (χ2n) is 5.92. The number of carbonyl (C=O) groups is 2. The molecule has 1 atom stereocenters. The second-order valence-corrected chi connectivity index (χ2v) is 8.39. The van der Waals surface area contributed by atoms with Gasteiger partial charge in [0.25, 0.3) is 11.5 Å². The molecule has 0 aromatic carbocycles. The van der Waals surface area contributed by atoms with Gasteiger partial charge < -0.3 is 5.32 Å². The lowest BCUT2D eigenvalue weighted by Gasteiger charge is -2.20. The molecule has 1 fully saturated rings. The summed E-state index contributed by atoms with van der Waals surface area (Å²) < 4.78 is 3.06. The average molecular weight is 427 g/mol. The minimum Gasteiger partial charge on any atom is -0.319 e. The van der Waals surface area contributed by atoms with E-state index in [0.29, 0.717) is 4.88 Å². The first-order valence-electron chi connectivity index (χ1n) is 7.31. The molecule has 0 bridgehead atoms. The van der Waals surface area contributed by atoms with Crippen LogP contribution in [0.1, 0.15) is 17.5 Å². The highest BCUT2D eigenvalue weighted by Gasteiger charge is 2.49. The van der Waals surface area contributed by atoms with E-state index in [9.17, 15) is 19.2 Å². The molecule has 1 saturated heterocycles. The van der Waals surface area contributed by atoms with Gasteiger partial charge in [0.05, 0.1) is 10.3 Å². The van der Waals surface area contributed by atoms with Crippen LogP contribution in [0.2, 0.25) is 0 Å². The number of urea groups is 1. The zero-order valence-electron chi connectivity index (χ0n) is 13.7. The maximum absolute atomic E-state index is 12.9. The van der Waals surface area contributed by atoms with Crippen LogP contribution in [-0.2, 0) is 31.0 Å². The standard InChI is InChI=1S/C15H15BrN4O4S/c1-15(9-4-5-10(16)25-9)12(22)20(13(23)17-15)7-8-6-11(21)19(3)14(24)18(8)2/h4-6H,7H2,1-3H3,(H,17,23). The van der Waals surface area contributed by atoms with Crippen LogP contribution >= 0.6 is 27.3 Å². The van der Waals surface area contributed by atoms with Crippen molar-refractivity contribution in [3.05, 3.63) is 53.4 Å². The van der Waals surface area contributed by atoms with Gasteiger partial charge >= 0.3 is 11.7 Å². The summed E-state index contributed by atoms with van der Waals surface area (Å²) >= 11 is 4.70. The van der Waals surface area contributed by atoms with Gasteiger partial charge in [0.15, 0.2) is 5.54 Å². The number of hydrogen-bond donors (Lipinski definition) is 1. The van der Waals surface area contributed by atoms with Crippen molar-refractivity contribution >= 4 is 39.2 Å². The van der Waals surface area contributed by atoms with Crippen LogP contribution in [0.4, 0.5) is 4.79 Å². The highest BCUT2D eigenvalue weighted by Crippen LogP contribution is 2.35. The molecule has 0 radical (unpaired) electrons. The minimum absolute atomic E-state index is 0.158. The molecule has 2 aromatic rings. The molecule has 1 aliphatic heterocycles. The molecule has 25 heavy (non-hydrogen) atoms. The highest BCUT2D eigenvalue weighted by molar-refractivity contribution is 9.11. The maximum atomic E-state index is 12.9. The van der Waals surface area contributed by atoms with Crippen molar-refractivity contribution in [2.75, 3.05) is 0 Å². The van der Waals surface area contributed by atoms with Crippen molar-refractivity contribution in [2.24, 2.45) is 14.1 Å². The molecule has 3 amide bonds. The first kappa shape index (κ1) is 17.6. The summed E-state index contributed by atoms with van der Waals surface area (Å²) in [6, 6.07) is 4.26. The molecule has 1 N–H and O–H groups in total. The molecule has 3 rings (SSSR count). The molecule has 0 spiro atoms. The van der Waals surface area contributed by atoms with Crippen LogP contribution in [0.5, 0.6) is 0 Å². The Morgan fingerprint density at radius 3 is 2.44 bits per heavy atom. The Bertz CT molecular complexity index is 1010. The monoisotopic (exact) mass is 426 g/mol. The van der Waals surface area contributed by atoms with Crippen molar-refractivity contribution in [3.8, 4) is 0 Å². The minimum atomic E-state index is -1.17. The Balaban J connectivity index is 1.98. The number of rotatable bonds is 3. The fourth-order valence-corrected chi connectivity index (χ4v) is 4.16. The number of carbonyl (C=O) groups excluding carboxylic acids is 2. The van der Waals surface area contributed by atoms with E-state index in [2.05, 4.69) is 21.2 Å². The van der Waals surface area contributed by atoms with Crippen LogP contribution in [0, 0.1) is 0 Å². The number of thiophene rings is 1. The van der Waals surface area contributed by atoms with Crippen LogP contribution in [0.3, 0.4) is 0 Å². The zero-order chi connectivity index (χ0) is 18.5. The van der Waals surface area contributed by atoms with E-state index in [1.54, 1.807) is 19.1 Å². The summed E-state index contributed by atoms with van der Waals surface area (Å²) in [4.78, 5) is 50.8. The topological polar surface area (TPSA) is 93.4 Å². The third kappa shape index (κ3) is 2.74. The number of nitrogens with zero attached hydrogens (tertiary/aromatic N) is 3. The Labute approximate surface area is 154 Å². The molecule has 1 unspecified atom stereocenters. The number of amides is 3. The van der Waals surface area contributed by atoms with Crippen LogP contribution in [0.25, 0.3) is 0 Å². The summed E-state index contributed by atoms with van der Waals surface area (Å²) in [5.41, 5.74) is -1.89. The van der Waals surface area contributed by atoms with E-state index >= 15 is 0 Å². The van der Waals surface area contributed by atoms with E-state index in [4.69, 9.17) is 0 Å².